The van der Waals surface area contributed by atoms with Crippen LogP contribution in [0, 0.1) is 35.5 Å². The summed E-state index contributed by atoms with van der Waals surface area (Å²) in [7, 11) is 0. The zero-order chi connectivity index (χ0) is 12.6. The highest BCUT2D eigenvalue weighted by atomic mass is 16.3. The van der Waals surface area contributed by atoms with Crippen LogP contribution in [0.25, 0.3) is 0 Å². The predicted octanol–water partition coefficient (Wildman–Crippen LogP) is 1.71. The lowest BCUT2D eigenvalue weighted by Gasteiger charge is -1.93. The predicted molar refractivity (Wildman–Crippen MR) is 69.8 cm³/mol. The molecule has 0 saturated carbocycles. The van der Waals surface area contributed by atoms with Crippen LogP contribution in [0.2, 0.25) is 0 Å². The van der Waals surface area contributed by atoms with E-state index in [-0.39, 0.29) is 6.61 Å². The van der Waals surface area contributed by atoms with Gasteiger partial charge in [-0.1, -0.05) is 42.4 Å². The number of aliphatic hydroxyl groups excluding tert-OH is 2. The minimum Gasteiger partial charge on any atom is -0.396 e. The van der Waals surface area contributed by atoms with Crippen LogP contribution < -0.4 is 0 Å². The fraction of sp³-hybridized carbons (Fsp3) is 0.600. The van der Waals surface area contributed by atoms with Gasteiger partial charge in [0.25, 0.3) is 0 Å². The van der Waals surface area contributed by atoms with Crippen LogP contribution in [-0.2, 0) is 0 Å². The summed E-state index contributed by atoms with van der Waals surface area (Å²) in [6, 6.07) is 0. The summed E-state index contributed by atoms with van der Waals surface area (Å²) in [4.78, 5) is 0. The van der Waals surface area contributed by atoms with Gasteiger partial charge in [-0.15, -0.1) is 5.92 Å². The van der Waals surface area contributed by atoms with Gasteiger partial charge in [-0.2, -0.15) is 0 Å². The van der Waals surface area contributed by atoms with Gasteiger partial charge < -0.3 is 10.2 Å². The summed E-state index contributed by atoms with van der Waals surface area (Å²) in [5.74, 6) is 17.1. The molecule has 2 N–H and O–H groups in total. The highest BCUT2D eigenvalue weighted by Gasteiger charge is 1.86. The standard InChI is InChI=1S/C15H20O2/c16-14-12-10-8-6-4-2-1-3-5-7-9-11-13-15-17/h16-17H,2,5,7-9,11,13-15H2. The SMILES string of the molecule is OCC#CCC#CCC#CCCCCCCO. The van der Waals surface area contributed by atoms with Crippen LogP contribution in [0.15, 0.2) is 0 Å². The normalized spacial score (nSPS) is 8.12. The van der Waals surface area contributed by atoms with Gasteiger partial charge in [0.15, 0.2) is 0 Å². The molecule has 0 aromatic carbocycles. The number of aliphatic hydroxyl groups is 2. The Hall–Kier alpha value is -1.40. The van der Waals surface area contributed by atoms with Crippen LogP contribution in [0.5, 0.6) is 0 Å². The zero-order valence-electron chi connectivity index (χ0n) is 10.3. The highest BCUT2D eigenvalue weighted by molar-refractivity contribution is 5.16. The van der Waals surface area contributed by atoms with Crippen LogP contribution in [0.3, 0.4) is 0 Å². The molecule has 0 rings (SSSR count). The minimum atomic E-state index is -0.0994. The quantitative estimate of drug-likeness (QED) is 0.559. The lowest BCUT2D eigenvalue weighted by Crippen LogP contribution is -1.82. The summed E-state index contributed by atoms with van der Waals surface area (Å²) in [6.07, 6.45) is 6.23. The summed E-state index contributed by atoms with van der Waals surface area (Å²) >= 11 is 0. The van der Waals surface area contributed by atoms with Crippen molar-refractivity contribution in [1.29, 1.82) is 0 Å². The van der Waals surface area contributed by atoms with Gasteiger partial charge in [-0.3, -0.25) is 0 Å². The smallest absolute Gasteiger partial charge is 0.104 e. The molecule has 0 amide bonds. The summed E-state index contributed by atoms with van der Waals surface area (Å²) in [5, 5.41) is 17.0. The third kappa shape index (κ3) is 14.6. The van der Waals surface area contributed by atoms with E-state index in [0.717, 1.165) is 32.1 Å². The Bertz CT molecular complexity index is 338. The number of hydrogen-bond acceptors (Lipinski definition) is 2. The molecule has 0 atom stereocenters. The molecule has 0 radical (unpaired) electrons. The van der Waals surface area contributed by atoms with Crippen LogP contribution in [0.1, 0.15) is 44.9 Å². The van der Waals surface area contributed by atoms with E-state index >= 15 is 0 Å². The van der Waals surface area contributed by atoms with Gasteiger partial charge >= 0.3 is 0 Å². The Morgan fingerprint density at radius 2 is 1.18 bits per heavy atom. The molecule has 0 aliphatic heterocycles. The van der Waals surface area contributed by atoms with Crippen molar-refractivity contribution in [2.24, 2.45) is 0 Å². The van der Waals surface area contributed by atoms with Crippen molar-refractivity contribution in [3.63, 3.8) is 0 Å². The second-order valence-corrected chi connectivity index (χ2v) is 3.46. The lowest BCUT2D eigenvalue weighted by molar-refractivity contribution is 0.282. The second kappa shape index (κ2) is 14.6. The van der Waals surface area contributed by atoms with Crippen LogP contribution in [0.4, 0.5) is 0 Å². The topological polar surface area (TPSA) is 40.5 Å². The van der Waals surface area contributed by atoms with Gasteiger partial charge in [-0.25, -0.2) is 0 Å². The Kier molecular flexibility index (Phi) is 13.4. The first-order chi connectivity index (χ1) is 8.41. The highest BCUT2D eigenvalue weighted by Crippen LogP contribution is 2.01. The Morgan fingerprint density at radius 3 is 1.82 bits per heavy atom. The van der Waals surface area contributed by atoms with Crippen molar-refractivity contribution in [1.82, 2.24) is 0 Å². The molecule has 2 heteroatoms. The first kappa shape index (κ1) is 15.6. The molecule has 0 aromatic rings. The number of unbranched alkanes of at least 4 members (excludes halogenated alkanes) is 4. The van der Waals surface area contributed by atoms with E-state index in [1.165, 1.54) is 0 Å². The molecular formula is C15H20O2. The van der Waals surface area contributed by atoms with E-state index in [9.17, 15) is 0 Å². The van der Waals surface area contributed by atoms with Crippen LogP contribution >= 0.6 is 0 Å². The molecule has 0 heterocycles. The number of hydrogen-bond donors (Lipinski definition) is 2. The third-order valence-corrected chi connectivity index (χ3v) is 2.02. The lowest BCUT2D eigenvalue weighted by atomic mass is 10.1. The third-order valence-electron chi connectivity index (χ3n) is 2.02. The van der Waals surface area contributed by atoms with Crippen molar-refractivity contribution < 1.29 is 10.2 Å². The van der Waals surface area contributed by atoms with E-state index in [1.807, 2.05) is 0 Å². The van der Waals surface area contributed by atoms with Crippen molar-refractivity contribution in [2.75, 3.05) is 13.2 Å². The Labute approximate surface area is 104 Å². The van der Waals surface area contributed by atoms with E-state index in [4.69, 9.17) is 10.2 Å². The first-order valence-corrected chi connectivity index (χ1v) is 6.00. The molecule has 0 bridgehead atoms. The Balaban J connectivity index is 3.36. The largest absolute Gasteiger partial charge is 0.396 e. The molecule has 0 aromatic heterocycles. The molecule has 92 valence electrons. The fourth-order valence-electron chi connectivity index (χ4n) is 1.16. The molecule has 0 spiro atoms. The fourth-order valence-corrected chi connectivity index (χ4v) is 1.16. The maximum Gasteiger partial charge on any atom is 0.104 e. The maximum absolute atomic E-state index is 8.58. The molecule has 2 nitrogen and oxygen atoms in total. The van der Waals surface area contributed by atoms with Crippen LogP contribution in [-0.4, -0.2) is 23.4 Å². The summed E-state index contributed by atoms with van der Waals surface area (Å²) < 4.78 is 0. The monoisotopic (exact) mass is 232 g/mol. The second-order valence-electron chi connectivity index (χ2n) is 3.46. The average Bonchev–Trinajstić information content (AvgIpc) is 2.35. The maximum atomic E-state index is 8.58. The first-order valence-electron chi connectivity index (χ1n) is 6.00. The van der Waals surface area contributed by atoms with Crippen molar-refractivity contribution in [3.8, 4) is 35.5 Å². The molecule has 0 saturated heterocycles. The molecule has 0 aliphatic rings. The van der Waals surface area contributed by atoms with Crippen molar-refractivity contribution in [2.45, 2.75) is 44.9 Å². The van der Waals surface area contributed by atoms with Gasteiger partial charge in [0.2, 0.25) is 0 Å². The van der Waals surface area contributed by atoms with E-state index < -0.39 is 0 Å². The number of rotatable bonds is 5. The average molecular weight is 232 g/mol. The van der Waals surface area contributed by atoms with Gasteiger partial charge in [0, 0.05) is 13.0 Å². The van der Waals surface area contributed by atoms with Gasteiger partial charge in [0.05, 0.1) is 12.8 Å². The minimum absolute atomic E-state index is 0.0994. The Morgan fingerprint density at radius 1 is 0.588 bits per heavy atom. The summed E-state index contributed by atoms with van der Waals surface area (Å²) in [6.45, 7) is 0.193. The zero-order valence-corrected chi connectivity index (χ0v) is 10.3. The molecule has 0 fully saturated rings. The van der Waals surface area contributed by atoms with Crippen molar-refractivity contribution in [3.05, 3.63) is 0 Å². The summed E-state index contributed by atoms with van der Waals surface area (Å²) in [5.41, 5.74) is 0. The molecule has 17 heavy (non-hydrogen) atoms. The molecular weight excluding hydrogens is 212 g/mol. The molecule has 0 unspecified atom stereocenters. The van der Waals surface area contributed by atoms with E-state index in [1.54, 1.807) is 0 Å². The van der Waals surface area contributed by atoms with Gasteiger partial charge in [0.1, 0.15) is 6.61 Å². The van der Waals surface area contributed by atoms with Crippen molar-refractivity contribution >= 4 is 0 Å². The van der Waals surface area contributed by atoms with E-state index in [0.29, 0.717) is 19.4 Å². The van der Waals surface area contributed by atoms with Gasteiger partial charge in [-0.05, 0) is 12.8 Å². The van der Waals surface area contributed by atoms with E-state index in [2.05, 4.69) is 35.5 Å². The molecule has 0 aliphatic carbocycles.